The van der Waals surface area contributed by atoms with Gasteiger partial charge in [-0.05, 0) is 13.8 Å². The van der Waals surface area contributed by atoms with Gasteiger partial charge in [0.05, 0.1) is 17.3 Å². The van der Waals surface area contributed by atoms with Gasteiger partial charge in [-0.1, -0.05) is 13.8 Å². The zero-order chi connectivity index (χ0) is 15.5. The van der Waals surface area contributed by atoms with Crippen molar-refractivity contribution < 1.29 is 9.59 Å². The number of aromatic nitrogens is 2. The molecular weight excluding hydrogens is 258 g/mol. The highest BCUT2D eigenvalue weighted by atomic mass is 16.2. The molecular formula is C13H21N5O2. The van der Waals surface area contributed by atoms with E-state index < -0.39 is 17.2 Å². The van der Waals surface area contributed by atoms with Gasteiger partial charge in [0.25, 0.3) is 5.91 Å². The summed E-state index contributed by atoms with van der Waals surface area (Å²) in [5, 5.41) is 2.62. The zero-order valence-corrected chi connectivity index (χ0v) is 12.2. The van der Waals surface area contributed by atoms with Crippen LogP contribution in [0, 0.1) is 5.41 Å². The molecule has 0 radical (unpaired) electrons. The van der Waals surface area contributed by atoms with E-state index in [0.717, 1.165) is 0 Å². The number of primary amides is 1. The summed E-state index contributed by atoms with van der Waals surface area (Å²) in [4.78, 5) is 31.5. The second-order valence-electron chi connectivity index (χ2n) is 5.62. The highest BCUT2D eigenvalue weighted by Crippen LogP contribution is 2.15. The number of carbonyl (C=O) groups is 2. The fourth-order valence-corrected chi connectivity index (χ4v) is 1.34. The molecule has 0 spiro atoms. The maximum Gasteiger partial charge on any atom is 0.272 e. The van der Waals surface area contributed by atoms with Crippen molar-refractivity contribution in [2.24, 2.45) is 11.1 Å². The van der Waals surface area contributed by atoms with Gasteiger partial charge in [0.1, 0.15) is 5.82 Å². The smallest absolute Gasteiger partial charge is 0.272 e. The van der Waals surface area contributed by atoms with Crippen LogP contribution in [0.5, 0.6) is 0 Å². The van der Waals surface area contributed by atoms with Gasteiger partial charge in [-0.2, -0.15) is 0 Å². The van der Waals surface area contributed by atoms with Crippen LogP contribution < -0.4 is 16.8 Å². The van der Waals surface area contributed by atoms with E-state index in [0.29, 0.717) is 5.82 Å². The highest BCUT2D eigenvalue weighted by molar-refractivity contribution is 5.97. The maximum atomic E-state index is 12.1. The van der Waals surface area contributed by atoms with Crippen LogP contribution in [-0.4, -0.2) is 28.3 Å². The maximum absolute atomic E-state index is 12.1. The minimum absolute atomic E-state index is 0.0872. The molecule has 110 valence electrons. The Labute approximate surface area is 118 Å². The van der Waals surface area contributed by atoms with E-state index in [1.54, 1.807) is 13.8 Å². The Balaban J connectivity index is 2.88. The number of hydrogen-bond acceptors (Lipinski definition) is 5. The number of carbonyl (C=O) groups excluding carboxylic acids is 2. The van der Waals surface area contributed by atoms with Crippen molar-refractivity contribution in [3.8, 4) is 0 Å². The predicted molar refractivity (Wildman–Crippen MR) is 75.8 cm³/mol. The van der Waals surface area contributed by atoms with Crippen LogP contribution in [0.4, 0.5) is 5.69 Å². The third-order valence-corrected chi connectivity index (χ3v) is 2.93. The predicted octanol–water partition coefficient (Wildman–Crippen LogP) is 0.424. The van der Waals surface area contributed by atoms with Crippen LogP contribution in [0.2, 0.25) is 0 Å². The molecule has 0 aliphatic heterocycles. The fourth-order valence-electron chi connectivity index (χ4n) is 1.34. The molecule has 0 atom stereocenters. The van der Waals surface area contributed by atoms with Crippen molar-refractivity contribution in [1.82, 2.24) is 15.3 Å². The molecule has 0 aliphatic rings. The summed E-state index contributed by atoms with van der Waals surface area (Å²) in [6.45, 7) is 7.26. The Morgan fingerprint density at radius 3 is 2.50 bits per heavy atom. The van der Waals surface area contributed by atoms with Gasteiger partial charge >= 0.3 is 0 Å². The largest absolute Gasteiger partial charge is 0.396 e. The van der Waals surface area contributed by atoms with Crippen LogP contribution in [0.25, 0.3) is 0 Å². The summed E-state index contributed by atoms with van der Waals surface area (Å²) in [5.74, 6) is -0.305. The van der Waals surface area contributed by atoms with Gasteiger partial charge in [0.15, 0.2) is 5.69 Å². The molecule has 20 heavy (non-hydrogen) atoms. The lowest BCUT2D eigenvalue weighted by molar-refractivity contribution is -0.125. The van der Waals surface area contributed by atoms with Gasteiger partial charge < -0.3 is 16.8 Å². The summed E-state index contributed by atoms with van der Waals surface area (Å²) >= 11 is 0. The quantitative estimate of drug-likeness (QED) is 0.720. The van der Waals surface area contributed by atoms with Crippen molar-refractivity contribution in [2.75, 3.05) is 12.3 Å². The first-order valence-corrected chi connectivity index (χ1v) is 6.35. The first kappa shape index (κ1) is 15.9. The molecule has 2 amide bonds. The van der Waals surface area contributed by atoms with E-state index in [4.69, 9.17) is 11.5 Å². The molecule has 0 bridgehead atoms. The van der Waals surface area contributed by atoms with Gasteiger partial charge in [-0.15, -0.1) is 0 Å². The minimum Gasteiger partial charge on any atom is -0.396 e. The van der Waals surface area contributed by atoms with Crippen molar-refractivity contribution in [3.63, 3.8) is 0 Å². The third-order valence-electron chi connectivity index (χ3n) is 2.93. The molecule has 0 saturated carbocycles. The van der Waals surface area contributed by atoms with Crippen molar-refractivity contribution in [1.29, 1.82) is 0 Å². The Kier molecular flexibility index (Phi) is 4.65. The number of hydrogen-bond donors (Lipinski definition) is 3. The topological polar surface area (TPSA) is 124 Å². The van der Waals surface area contributed by atoms with Crippen LogP contribution in [0.3, 0.4) is 0 Å². The van der Waals surface area contributed by atoms with Crippen LogP contribution >= 0.6 is 0 Å². The van der Waals surface area contributed by atoms with E-state index in [1.165, 1.54) is 6.20 Å². The fraction of sp³-hybridized carbons (Fsp3) is 0.538. The average molecular weight is 279 g/mol. The van der Waals surface area contributed by atoms with Crippen molar-refractivity contribution in [3.05, 3.63) is 17.7 Å². The molecule has 1 heterocycles. The molecule has 0 saturated heterocycles. The monoisotopic (exact) mass is 279 g/mol. The molecule has 0 unspecified atom stereocenters. The van der Waals surface area contributed by atoms with E-state index >= 15 is 0 Å². The van der Waals surface area contributed by atoms with E-state index in [9.17, 15) is 9.59 Å². The van der Waals surface area contributed by atoms with E-state index in [-0.39, 0.29) is 23.8 Å². The standard InChI is InChI=1S/C13H21N5O2/c1-7(2)10-16-5-8(14)9(18-10)11(19)17-6-13(3,4)12(15)20/h5,7H,6,14H2,1-4H3,(H2,15,20)(H,17,19). The molecule has 1 rings (SSSR count). The average Bonchev–Trinajstić information content (AvgIpc) is 2.36. The summed E-state index contributed by atoms with van der Waals surface area (Å²) in [5.41, 5.74) is 10.4. The molecule has 5 N–H and O–H groups in total. The van der Waals surface area contributed by atoms with Crippen LogP contribution in [-0.2, 0) is 4.79 Å². The van der Waals surface area contributed by atoms with Gasteiger partial charge in [-0.3, -0.25) is 9.59 Å². The van der Waals surface area contributed by atoms with Crippen LogP contribution in [0.15, 0.2) is 6.20 Å². The first-order chi connectivity index (χ1) is 9.15. The summed E-state index contributed by atoms with van der Waals surface area (Å²) in [6, 6.07) is 0. The Bertz CT molecular complexity index is 525. The SMILES string of the molecule is CC(C)c1ncc(N)c(C(=O)NCC(C)(C)C(N)=O)n1. The second kappa shape index (κ2) is 5.85. The number of rotatable bonds is 5. The molecule has 1 aromatic heterocycles. The Morgan fingerprint density at radius 2 is 2.00 bits per heavy atom. The molecule has 1 aromatic rings. The lowest BCUT2D eigenvalue weighted by Crippen LogP contribution is -2.42. The van der Waals surface area contributed by atoms with E-state index in [1.807, 2.05) is 13.8 Å². The Morgan fingerprint density at radius 1 is 1.40 bits per heavy atom. The normalized spacial score (nSPS) is 11.4. The van der Waals surface area contributed by atoms with Crippen molar-refractivity contribution in [2.45, 2.75) is 33.6 Å². The van der Waals surface area contributed by atoms with Gasteiger partial charge in [0.2, 0.25) is 5.91 Å². The highest BCUT2D eigenvalue weighted by Gasteiger charge is 2.26. The molecule has 0 aromatic carbocycles. The second-order valence-corrected chi connectivity index (χ2v) is 5.62. The number of nitrogen functional groups attached to an aromatic ring is 1. The number of nitrogens with one attached hydrogen (secondary N) is 1. The molecule has 7 heteroatoms. The summed E-state index contributed by atoms with van der Waals surface area (Å²) in [7, 11) is 0. The Hall–Kier alpha value is -2.18. The number of amides is 2. The third kappa shape index (κ3) is 3.66. The summed E-state index contributed by atoms with van der Waals surface area (Å²) < 4.78 is 0. The zero-order valence-electron chi connectivity index (χ0n) is 12.2. The number of nitrogens with two attached hydrogens (primary N) is 2. The lowest BCUT2D eigenvalue weighted by atomic mass is 9.93. The molecule has 7 nitrogen and oxygen atoms in total. The van der Waals surface area contributed by atoms with E-state index in [2.05, 4.69) is 15.3 Å². The first-order valence-electron chi connectivity index (χ1n) is 6.35. The van der Waals surface area contributed by atoms with Gasteiger partial charge in [-0.25, -0.2) is 9.97 Å². The molecule has 0 fully saturated rings. The minimum atomic E-state index is -0.835. The number of anilines is 1. The van der Waals surface area contributed by atoms with Crippen LogP contribution in [0.1, 0.15) is 49.9 Å². The summed E-state index contributed by atoms with van der Waals surface area (Å²) in [6.07, 6.45) is 1.41. The molecule has 0 aliphatic carbocycles. The number of nitrogens with zero attached hydrogens (tertiary/aromatic N) is 2. The van der Waals surface area contributed by atoms with Crippen molar-refractivity contribution >= 4 is 17.5 Å². The van der Waals surface area contributed by atoms with Gasteiger partial charge in [0, 0.05) is 12.5 Å². The lowest BCUT2D eigenvalue weighted by Gasteiger charge is -2.20.